The zero-order valence-corrected chi connectivity index (χ0v) is 11.7. The van der Waals surface area contributed by atoms with Crippen molar-refractivity contribution in [2.45, 2.75) is 19.9 Å². The fourth-order valence-electron chi connectivity index (χ4n) is 2.15. The first-order chi connectivity index (χ1) is 10.3. The molecule has 0 saturated heterocycles. The highest BCUT2D eigenvalue weighted by Gasteiger charge is 2.14. The van der Waals surface area contributed by atoms with Gasteiger partial charge >= 0.3 is 0 Å². The normalized spacial score (nSPS) is 10.7. The molecule has 0 aliphatic heterocycles. The number of hydrogen-bond donors (Lipinski definition) is 1. The molecule has 106 valence electrons. The van der Waals surface area contributed by atoms with Crippen LogP contribution in [0.25, 0.3) is 11.2 Å². The van der Waals surface area contributed by atoms with E-state index in [1.165, 1.54) is 0 Å². The number of amides is 1. The first-order valence-corrected chi connectivity index (χ1v) is 6.83. The predicted octanol–water partition coefficient (Wildman–Crippen LogP) is 2.49. The van der Waals surface area contributed by atoms with E-state index in [4.69, 9.17) is 0 Å². The van der Waals surface area contributed by atoms with E-state index in [9.17, 15) is 4.79 Å². The highest BCUT2D eigenvalue weighted by Crippen LogP contribution is 2.18. The van der Waals surface area contributed by atoms with Crippen molar-refractivity contribution in [1.29, 1.82) is 0 Å². The van der Waals surface area contributed by atoms with Crippen LogP contribution in [0.3, 0.4) is 0 Å². The van der Waals surface area contributed by atoms with Gasteiger partial charge in [-0.1, -0.05) is 13.0 Å². The molecule has 0 fully saturated rings. The van der Waals surface area contributed by atoms with Crippen molar-refractivity contribution in [2.24, 2.45) is 0 Å². The van der Waals surface area contributed by atoms with Gasteiger partial charge in [0.2, 0.25) is 5.95 Å². The number of fused-ring (bicyclic) bond motifs is 1. The maximum absolute atomic E-state index is 12.2. The maximum Gasteiger partial charge on any atom is 0.276 e. The second-order valence-corrected chi connectivity index (χ2v) is 4.60. The summed E-state index contributed by atoms with van der Waals surface area (Å²) in [5.74, 6) is 0.226. The summed E-state index contributed by atoms with van der Waals surface area (Å²) < 4.78 is 1.91. The van der Waals surface area contributed by atoms with Gasteiger partial charge in [0.15, 0.2) is 5.65 Å². The molecule has 1 amide bonds. The van der Waals surface area contributed by atoms with Crippen LogP contribution in [0.2, 0.25) is 0 Å². The van der Waals surface area contributed by atoms with Crippen LogP contribution in [-0.2, 0) is 6.54 Å². The number of pyridine rings is 2. The van der Waals surface area contributed by atoms with Crippen molar-refractivity contribution in [3.63, 3.8) is 0 Å². The molecule has 3 heterocycles. The minimum atomic E-state index is -0.275. The van der Waals surface area contributed by atoms with E-state index in [1.807, 2.05) is 16.7 Å². The minimum absolute atomic E-state index is 0.275. The van der Waals surface area contributed by atoms with E-state index in [2.05, 4.69) is 27.2 Å². The molecule has 0 unspecified atom stereocenters. The number of imidazole rings is 1. The van der Waals surface area contributed by atoms with Crippen molar-refractivity contribution < 1.29 is 4.79 Å². The minimum Gasteiger partial charge on any atom is -0.295 e. The van der Waals surface area contributed by atoms with Crippen molar-refractivity contribution >= 4 is 23.0 Å². The van der Waals surface area contributed by atoms with Gasteiger partial charge in [-0.3, -0.25) is 19.7 Å². The highest BCUT2D eigenvalue weighted by atomic mass is 16.2. The third-order valence-corrected chi connectivity index (χ3v) is 3.07. The van der Waals surface area contributed by atoms with Crippen LogP contribution in [0, 0.1) is 0 Å². The van der Waals surface area contributed by atoms with Crippen LogP contribution in [0.5, 0.6) is 0 Å². The number of nitrogens with zero attached hydrogens (tertiary/aromatic N) is 4. The highest BCUT2D eigenvalue weighted by molar-refractivity contribution is 6.02. The summed E-state index contributed by atoms with van der Waals surface area (Å²) in [6.07, 6.45) is 4.24. The monoisotopic (exact) mass is 281 g/mol. The van der Waals surface area contributed by atoms with Crippen molar-refractivity contribution in [1.82, 2.24) is 19.5 Å². The second-order valence-electron chi connectivity index (χ2n) is 4.60. The van der Waals surface area contributed by atoms with Crippen LogP contribution >= 0.6 is 0 Å². The number of carbonyl (C=O) groups excluding carboxylic acids is 1. The Hall–Kier alpha value is -2.76. The molecule has 3 aromatic rings. The van der Waals surface area contributed by atoms with E-state index in [0.29, 0.717) is 11.6 Å². The number of anilines is 1. The molecule has 0 bridgehead atoms. The Morgan fingerprint density at radius 2 is 2.05 bits per heavy atom. The molecule has 0 spiro atoms. The Balaban J connectivity index is 1.96. The summed E-state index contributed by atoms with van der Waals surface area (Å²) in [7, 11) is 0. The van der Waals surface area contributed by atoms with E-state index in [0.717, 1.165) is 24.1 Å². The molecular formula is C15H15N5O. The summed E-state index contributed by atoms with van der Waals surface area (Å²) in [5.41, 5.74) is 1.90. The Bertz CT molecular complexity index is 766. The number of nitrogens with one attached hydrogen (secondary N) is 1. The van der Waals surface area contributed by atoms with Gasteiger partial charge in [0, 0.05) is 18.9 Å². The summed E-state index contributed by atoms with van der Waals surface area (Å²) in [6.45, 7) is 2.81. The van der Waals surface area contributed by atoms with Gasteiger partial charge in [-0.2, -0.15) is 0 Å². The van der Waals surface area contributed by atoms with Crippen LogP contribution < -0.4 is 5.32 Å². The molecule has 0 aliphatic carbocycles. The van der Waals surface area contributed by atoms with Gasteiger partial charge < -0.3 is 0 Å². The van der Waals surface area contributed by atoms with E-state index < -0.39 is 0 Å². The molecule has 1 N–H and O–H groups in total. The lowest BCUT2D eigenvalue weighted by Gasteiger charge is -2.07. The smallest absolute Gasteiger partial charge is 0.276 e. The maximum atomic E-state index is 12.2. The lowest BCUT2D eigenvalue weighted by atomic mass is 10.3. The molecule has 21 heavy (non-hydrogen) atoms. The second kappa shape index (κ2) is 5.70. The topological polar surface area (TPSA) is 72.7 Å². The van der Waals surface area contributed by atoms with Gasteiger partial charge in [-0.25, -0.2) is 9.97 Å². The molecule has 3 aromatic heterocycles. The first-order valence-electron chi connectivity index (χ1n) is 6.83. The van der Waals surface area contributed by atoms with Crippen LogP contribution in [0.4, 0.5) is 5.95 Å². The zero-order valence-electron chi connectivity index (χ0n) is 11.7. The van der Waals surface area contributed by atoms with Crippen molar-refractivity contribution in [3.05, 3.63) is 48.4 Å². The van der Waals surface area contributed by atoms with Gasteiger partial charge in [0.05, 0.1) is 0 Å². The number of carbonyl (C=O) groups is 1. The molecule has 0 atom stereocenters. The lowest BCUT2D eigenvalue weighted by Crippen LogP contribution is -2.17. The van der Waals surface area contributed by atoms with E-state index in [-0.39, 0.29) is 5.91 Å². The molecule has 6 heteroatoms. The number of aryl methyl sites for hydroxylation is 1. The fourth-order valence-corrected chi connectivity index (χ4v) is 2.15. The van der Waals surface area contributed by atoms with Crippen molar-refractivity contribution in [2.75, 3.05) is 5.32 Å². The van der Waals surface area contributed by atoms with E-state index >= 15 is 0 Å². The summed E-state index contributed by atoms with van der Waals surface area (Å²) >= 11 is 0. The number of hydrogen-bond acceptors (Lipinski definition) is 4. The zero-order chi connectivity index (χ0) is 14.7. The Labute approximate surface area is 121 Å². The Morgan fingerprint density at radius 1 is 1.19 bits per heavy atom. The molecule has 0 aliphatic rings. The number of rotatable bonds is 4. The number of aromatic nitrogens is 4. The molecule has 6 nitrogen and oxygen atoms in total. The molecule has 0 aromatic carbocycles. The summed E-state index contributed by atoms with van der Waals surface area (Å²) in [6, 6.07) is 8.92. The predicted molar refractivity (Wildman–Crippen MR) is 80.0 cm³/mol. The average molecular weight is 281 g/mol. The SMILES string of the molecule is CCCn1c(NC(=O)c2ccccn2)nc2cccnc21. The Morgan fingerprint density at radius 3 is 2.81 bits per heavy atom. The van der Waals surface area contributed by atoms with Crippen LogP contribution in [0.1, 0.15) is 23.8 Å². The quantitative estimate of drug-likeness (QED) is 0.797. The van der Waals surface area contributed by atoms with Gasteiger partial charge in [-0.05, 0) is 30.7 Å². The summed E-state index contributed by atoms with van der Waals surface area (Å²) in [4.78, 5) is 25.0. The van der Waals surface area contributed by atoms with Gasteiger partial charge in [0.25, 0.3) is 5.91 Å². The van der Waals surface area contributed by atoms with Gasteiger partial charge in [0.1, 0.15) is 11.2 Å². The Kier molecular flexibility index (Phi) is 3.59. The molecule has 0 radical (unpaired) electrons. The van der Waals surface area contributed by atoms with Gasteiger partial charge in [-0.15, -0.1) is 0 Å². The average Bonchev–Trinajstić information content (AvgIpc) is 2.86. The third kappa shape index (κ3) is 2.60. The molecule has 3 rings (SSSR count). The van der Waals surface area contributed by atoms with Crippen LogP contribution in [-0.4, -0.2) is 25.4 Å². The van der Waals surface area contributed by atoms with Crippen molar-refractivity contribution in [3.8, 4) is 0 Å². The fraction of sp³-hybridized carbons (Fsp3) is 0.200. The van der Waals surface area contributed by atoms with Crippen LogP contribution in [0.15, 0.2) is 42.7 Å². The lowest BCUT2D eigenvalue weighted by molar-refractivity contribution is 0.102. The largest absolute Gasteiger partial charge is 0.295 e. The standard InChI is InChI=1S/C15H15N5O/c1-2-10-20-13-11(7-5-9-17-13)18-15(20)19-14(21)12-6-3-4-8-16-12/h3-9H,2,10H2,1H3,(H,18,19,21). The first kappa shape index (κ1) is 13.2. The molecular weight excluding hydrogens is 266 g/mol. The molecule has 0 saturated carbocycles. The van der Waals surface area contributed by atoms with E-state index in [1.54, 1.807) is 30.6 Å². The summed E-state index contributed by atoms with van der Waals surface area (Å²) in [5, 5.41) is 2.81. The third-order valence-electron chi connectivity index (χ3n) is 3.07.